The zero-order valence-electron chi connectivity index (χ0n) is 17.8. The maximum absolute atomic E-state index is 13.9. The quantitative estimate of drug-likeness (QED) is 0.428. The number of allylic oxidation sites excluding steroid dienone is 2. The molecular formula is C26H26FN3. The van der Waals surface area contributed by atoms with Crippen LogP contribution >= 0.6 is 0 Å². The van der Waals surface area contributed by atoms with Crippen LogP contribution in [0.4, 0.5) is 10.1 Å². The van der Waals surface area contributed by atoms with Crippen LogP contribution in [-0.4, -0.2) is 17.0 Å². The van der Waals surface area contributed by atoms with Gasteiger partial charge in [0.1, 0.15) is 5.82 Å². The van der Waals surface area contributed by atoms with E-state index in [-0.39, 0.29) is 5.82 Å². The fourth-order valence-corrected chi connectivity index (χ4v) is 4.05. The van der Waals surface area contributed by atoms with E-state index in [9.17, 15) is 4.39 Å². The maximum atomic E-state index is 13.9. The first-order valence-electron chi connectivity index (χ1n) is 10.0. The smallest absolute Gasteiger partial charge is 0.123 e. The lowest BCUT2D eigenvalue weighted by Crippen LogP contribution is -2.21. The molecule has 0 fully saturated rings. The second-order valence-corrected chi connectivity index (χ2v) is 7.56. The minimum Gasteiger partial charge on any atom is -0.388 e. The molecule has 0 aliphatic carbocycles. The summed E-state index contributed by atoms with van der Waals surface area (Å²) in [6.07, 6.45) is 4.20. The van der Waals surface area contributed by atoms with Gasteiger partial charge in [0.15, 0.2) is 0 Å². The number of hydrogen-bond acceptors (Lipinski definition) is 1. The Morgan fingerprint density at radius 3 is 2.50 bits per heavy atom. The van der Waals surface area contributed by atoms with Crippen LogP contribution in [0.25, 0.3) is 40.3 Å². The summed E-state index contributed by atoms with van der Waals surface area (Å²) < 4.78 is 13.9. The van der Waals surface area contributed by atoms with E-state index in [1.807, 2.05) is 7.05 Å². The average Bonchev–Trinajstić information content (AvgIpc) is 3.23. The van der Waals surface area contributed by atoms with Gasteiger partial charge in [0.05, 0.1) is 0 Å². The standard InChI is InChI=1S/C26H26FN3/c1-6-15(2)25-17(4)30-24(26(25)18-7-10-20(28-5)11-8-18)14-21-16(3)29-23-12-9-19(27)13-22(21)23/h6-14,28-30H,3H2,1-2,4-5H3/b15-6-,21-14+. The fraction of sp³-hybridized carbons (Fsp3) is 0.154. The van der Waals surface area contributed by atoms with Crippen LogP contribution in [0, 0.1) is 12.7 Å². The summed E-state index contributed by atoms with van der Waals surface area (Å²) >= 11 is 0. The molecule has 2 aromatic carbocycles. The third-order valence-electron chi connectivity index (χ3n) is 5.68. The zero-order valence-corrected chi connectivity index (χ0v) is 17.8. The largest absolute Gasteiger partial charge is 0.388 e. The Morgan fingerprint density at radius 1 is 1.10 bits per heavy atom. The van der Waals surface area contributed by atoms with Crippen molar-refractivity contribution < 1.29 is 4.39 Å². The predicted molar refractivity (Wildman–Crippen MR) is 126 cm³/mol. The Hall–Kier alpha value is -3.53. The summed E-state index contributed by atoms with van der Waals surface area (Å²) in [7, 11) is 1.91. The molecular weight excluding hydrogens is 373 g/mol. The lowest BCUT2D eigenvalue weighted by molar-refractivity contribution is 0.629. The summed E-state index contributed by atoms with van der Waals surface area (Å²) in [5.74, 6) is -0.257. The van der Waals surface area contributed by atoms with Gasteiger partial charge >= 0.3 is 0 Å². The molecule has 0 unspecified atom stereocenters. The molecule has 152 valence electrons. The van der Waals surface area contributed by atoms with Gasteiger partial charge in [-0.1, -0.05) is 24.8 Å². The van der Waals surface area contributed by atoms with Gasteiger partial charge in [-0.15, -0.1) is 0 Å². The molecule has 0 amide bonds. The highest BCUT2D eigenvalue weighted by atomic mass is 19.1. The van der Waals surface area contributed by atoms with Crippen molar-refractivity contribution in [1.29, 1.82) is 0 Å². The number of aromatic nitrogens is 2. The summed E-state index contributed by atoms with van der Waals surface area (Å²) in [5.41, 5.74) is 8.67. The van der Waals surface area contributed by atoms with Gasteiger partial charge in [0.25, 0.3) is 0 Å². The van der Waals surface area contributed by atoms with Crippen LogP contribution in [-0.2, 0) is 0 Å². The van der Waals surface area contributed by atoms with Gasteiger partial charge in [-0.2, -0.15) is 0 Å². The van der Waals surface area contributed by atoms with Gasteiger partial charge in [0, 0.05) is 56.7 Å². The normalized spacial score (nSPS) is 12.7. The van der Waals surface area contributed by atoms with Crippen LogP contribution in [0.2, 0.25) is 0 Å². The maximum Gasteiger partial charge on any atom is 0.123 e. The molecule has 0 spiro atoms. The topological polar surface area (TPSA) is 43.6 Å². The number of fused-ring (bicyclic) bond motifs is 1. The molecule has 4 aromatic rings. The Morgan fingerprint density at radius 2 is 1.83 bits per heavy atom. The third kappa shape index (κ3) is 3.35. The molecule has 3 nitrogen and oxygen atoms in total. The Kier molecular flexibility index (Phi) is 5.08. The van der Waals surface area contributed by atoms with Crippen molar-refractivity contribution in [2.75, 3.05) is 12.4 Å². The highest BCUT2D eigenvalue weighted by Crippen LogP contribution is 2.36. The molecule has 0 atom stereocenters. The van der Waals surface area contributed by atoms with Crippen molar-refractivity contribution in [2.24, 2.45) is 0 Å². The SMILES string of the molecule is C=c1[nH]c2ccc(F)cc2/c1=C/c1[nH]c(C)c(/C(C)=C\C)c1-c1ccc(NC)cc1. The van der Waals surface area contributed by atoms with E-state index in [4.69, 9.17) is 0 Å². The predicted octanol–water partition coefficient (Wildman–Crippen LogP) is 5.31. The number of aromatic amines is 2. The second-order valence-electron chi connectivity index (χ2n) is 7.56. The molecule has 30 heavy (non-hydrogen) atoms. The van der Waals surface area contributed by atoms with Gasteiger partial charge in [-0.3, -0.25) is 0 Å². The molecule has 2 aromatic heterocycles. The lowest BCUT2D eigenvalue weighted by Gasteiger charge is -2.09. The Labute approximate surface area is 175 Å². The van der Waals surface area contributed by atoms with Crippen LogP contribution < -0.4 is 15.9 Å². The van der Waals surface area contributed by atoms with Crippen molar-refractivity contribution in [1.82, 2.24) is 9.97 Å². The van der Waals surface area contributed by atoms with Gasteiger partial charge < -0.3 is 15.3 Å². The van der Waals surface area contributed by atoms with E-state index in [0.29, 0.717) is 0 Å². The molecule has 4 rings (SSSR count). The first kappa shape index (κ1) is 19.8. The highest BCUT2D eigenvalue weighted by Gasteiger charge is 2.17. The highest BCUT2D eigenvalue weighted by molar-refractivity contribution is 5.89. The Balaban J connectivity index is 2.04. The molecule has 0 aliphatic heterocycles. The molecule has 0 aliphatic rings. The summed E-state index contributed by atoms with van der Waals surface area (Å²) in [6.45, 7) is 10.4. The number of rotatable bonds is 4. The lowest BCUT2D eigenvalue weighted by atomic mass is 9.95. The molecule has 3 N–H and O–H groups in total. The molecule has 0 saturated carbocycles. The van der Waals surface area contributed by atoms with Crippen molar-refractivity contribution >= 4 is 34.8 Å². The van der Waals surface area contributed by atoms with E-state index in [1.165, 1.54) is 17.2 Å². The van der Waals surface area contributed by atoms with Crippen LogP contribution in [0.1, 0.15) is 30.8 Å². The molecule has 0 bridgehead atoms. The average molecular weight is 400 g/mol. The number of benzene rings is 2. The summed E-state index contributed by atoms with van der Waals surface area (Å²) in [5, 5.41) is 5.65. The number of nitrogens with one attached hydrogen (secondary N) is 3. The first-order chi connectivity index (χ1) is 14.4. The molecule has 4 heteroatoms. The van der Waals surface area contributed by atoms with E-state index < -0.39 is 0 Å². The van der Waals surface area contributed by atoms with Crippen LogP contribution in [0.15, 0.2) is 48.5 Å². The van der Waals surface area contributed by atoms with Crippen molar-refractivity contribution in [2.45, 2.75) is 20.8 Å². The van der Waals surface area contributed by atoms with E-state index in [1.54, 1.807) is 12.1 Å². The van der Waals surface area contributed by atoms with E-state index >= 15 is 0 Å². The van der Waals surface area contributed by atoms with Crippen LogP contribution in [0.5, 0.6) is 0 Å². The van der Waals surface area contributed by atoms with Gasteiger partial charge in [-0.25, -0.2) is 4.39 Å². The van der Waals surface area contributed by atoms with Gasteiger partial charge in [0.2, 0.25) is 0 Å². The third-order valence-corrected chi connectivity index (χ3v) is 5.68. The second kappa shape index (κ2) is 7.71. The van der Waals surface area contributed by atoms with E-state index in [0.717, 1.165) is 49.7 Å². The van der Waals surface area contributed by atoms with E-state index in [2.05, 4.69) is 79.1 Å². The molecule has 0 radical (unpaired) electrons. The number of aryl methyl sites for hydroxylation is 1. The monoisotopic (exact) mass is 399 g/mol. The number of anilines is 1. The Bertz CT molecular complexity index is 1370. The molecule has 0 saturated heterocycles. The summed E-state index contributed by atoms with van der Waals surface area (Å²) in [6, 6.07) is 13.2. The molecule has 2 heterocycles. The minimum absolute atomic E-state index is 0.257. The van der Waals surface area contributed by atoms with Crippen LogP contribution in [0.3, 0.4) is 0 Å². The minimum atomic E-state index is -0.257. The number of hydrogen-bond donors (Lipinski definition) is 3. The fourth-order valence-electron chi connectivity index (χ4n) is 4.05. The van der Waals surface area contributed by atoms with Crippen molar-refractivity contribution in [3.05, 3.63) is 81.9 Å². The first-order valence-corrected chi connectivity index (χ1v) is 10.0. The van der Waals surface area contributed by atoms with Gasteiger partial charge in [-0.05, 0) is 68.3 Å². The summed E-state index contributed by atoms with van der Waals surface area (Å²) in [4.78, 5) is 6.81. The van der Waals surface area contributed by atoms with Crippen molar-refractivity contribution in [3.8, 4) is 11.1 Å². The van der Waals surface area contributed by atoms with Crippen molar-refractivity contribution in [3.63, 3.8) is 0 Å². The number of H-pyrrole nitrogens is 2. The zero-order chi connectivity index (χ0) is 21.4. The number of halogens is 1.